The van der Waals surface area contributed by atoms with Gasteiger partial charge >= 0.3 is 17.9 Å². The summed E-state index contributed by atoms with van der Waals surface area (Å²) in [6.45, 7) is 6.45. The maximum absolute atomic E-state index is 11.8. The van der Waals surface area contributed by atoms with Crippen molar-refractivity contribution >= 4 is 17.9 Å². The van der Waals surface area contributed by atoms with Gasteiger partial charge in [0.25, 0.3) is 0 Å². The molecule has 0 unspecified atom stereocenters. The van der Waals surface area contributed by atoms with Crippen molar-refractivity contribution in [3.8, 4) is 5.75 Å². The highest BCUT2D eigenvalue weighted by molar-refractivity contribution is 5.69. The number of rotatable bonds is 3. The molecule has 30 heavy (non-hydrogen) atoms. The molecule has 162 valence electrons. The number of fused-ring (bicyclic) bond motifs is 5. The fourth-order valence-electron chi connectivity index (χ4n) is 6.44. The summed E-state index contributed by atoms with van der Waals surface area (Å²) in [5, 5.41) is 0. The first-order valence-electron chi connectivity index (χ1n) is 10.8. The molecule has 0 spiro atoms. The summed E-state index contributed by atoms with van der Waals surface area (Å²) in [5.74, 6) is 0.839. The lowest BCUT2D eigenvalue weighted by Crippen LogP contribution is -2.46. The Bertz CT molecular complexity index is 876. The highest BCUT2D eigenvalue weighted by Gasteiger charge is 2.61. The molecule has 0 bridgehead atoms. The summed E-state index contributed by atoms with van der Waals surface area (Å²) < 4.78 is 16.6. The largest absolute Gasteiger partial charge is 0.459 e. The molecule has 2 saturated carbocycles. The van der Waals surface area contributed by atoms with E-state index in [2.05, 4.69) is 13.0 Å². The van der Waals surface area contributed by atoms with Crippen LogP contribution < -0.4 is 4.74 Å². The molecule has 0 heterocycles. The zero-order valence-corrected chi connectivity index (χ0v) is 18.1. The van der Waals surface area contributed by atoms with Crippen molar-refractivity contribution in [2.24, 2.45) is 17.3 Å². The van der Waals surface area contributed by atoms with Crippen LogP contribution in [-0.4, -0.2) is 30.1 Å². The Morgan fingerprint density at radius 2 is 1.73 bits per heavy atom. The van der Waals surface area contributed by atoms with E-state index < -0.39 is 6.10 Å². The van der Waals surface area contributed by atoms with Crippen LogP contribution in [0.15, 0.2) is 18.2 Å². The average Bonchev–Trinajstić information content (AvgIpc) is 2.92. The molecule has 4 rings (SSSR count). The number of carbonyl (C=O) groups is 3. The van der Waals surface area contributed by atoms with E-state index in [-0.39, 0.29) is 29.4 Å². The molecule has 3 aliphatic rings. The molecular formula is C24H30O6. The molecule has 6 heteroatoms. The normalized spacial score (nSPS) is 34.2. The third-order valence-electron chi connectivity index (χ3n) is 7.48. The molecule has 2 fully saturated rings. The molecule has 0 radical (unpaired) electrons. The van der Waals surface area contributed by atoms with Gasteiger partial charge in [-0.05, 0) is 73.1 Å². The zero-order chi connectivity index (χ0) is 21.6. The van der Waals surface area contributed by atoms with E-state index >= 15 is 0 Å². The van der Waals surface area contributed by atoms with Crippen LogP contribution in [0.1, 0.15) is 70.4 Å². The van der Waals surface area contributed by atoms with Crippen molar-refractivity contribution in [3.05, 3.63) is 29.3 Å². The van der Waals surface area contributed by atoms with Crippen LogP contribution in [0.25, 0.3) is 0 Å². The van der Waals surface area contributed by atoms with E-state index in [1.165, 1.54) is 31.9 Å². The summed E-state index contributed by atoms with van der Waals surface area (Å²) in [6, 6.07) is 5.99. The maximum atomic E-state index is 11.8. The van der Waals surface area contributed by atoms with Crippen LogP contribution >= 0.6 is 0 Å². The van der Waals surface area contributed by atoms with E-state index in [0.717, 1.165) is 32.1 Å². The number of esters is 3. The predicted molar refractivity (Wildman–Crippen MR) is 109 cm³/mol. The lowest BCUT2D eigenvalue weighted by atomic mass is 9.55. The van der Waals surface area contributed by atoms with E-state index in [9.17, 15) is 14.4 Å². The van der Waals surface area contributed by atoms with Crippen molar-refractivity contribution in [1.29, 1.82) is 0 Å². The van der Waals surface area contributed by atoms with Gasteiger partial charge in [-0.15, -0.1) is 0 Å². The molecule has 0 aromatic heterocycles. The first kappa shape index (κ1) is 20.9. The second-order valence-corrected chi connectivity index (χ2v) is 9.33. The Kier molecular flexibility index (Phi) is 5.37. The van der Waals surface area contributed by atoms with Gasteiger partial charge in [-0.1, -0.05) is 13.0 Å². The average molecular weight is 414 g/mol. The predicted octanol–water partition coefficient (Wildman–Crippen LogP) is 3.94. The molecule has 0 amide bonds. The van der Waals surface area contributed by atoms with Gasteiger partial charge in [0, 0.05) is 26.2 Å². The number of carbonyl (C=O) groups excluding carboxylic acids is 3. The number of benzene rings is 1. The van der Waals surface area contributed by atoms with Crippen LogP contribution in [-0.2, 0) is 30.3 Å². The van der Waals surface area contributed by atoms with Crippen LogP contribution in [0.2, 0.25) is 0 Å². The molecule has 6 atom stereocenters. The van der Waals surface area contributed by atoms with E-state index in [0.29, 0.717) is 23.5 Å². The van der Waals surface area contributed by atoms with Crippen LogP contribution in [0.3, 0.4) is 0 Å². The highest BCUT2D eigenvalue weighted by Crippen LogP contribution is 2.62. The summed E-state index contributed by atoms with van der Waals surface area (Å²) in [5.41, 5.74) is 2.40. The second-order valence-electron chi connectivity index (χ2n) is 9.33. The zero-order valence-electron chi connectivity index (χ0n) is 18.1. The second kappa shape index (κ2) is 7.71. The Hall–Kier alpha value is -2.37. The topological polar surface area (TPSA) is 78.9 Å². The Labute approximate surface area is 177 Å². The minimum Gasteiger partial charge on any atom is -0.459 e. The van der Waals surface area contributed by atoms with Gasteiger partial charge in [-0.2, -0.15) is 0 Å². The van der Waals surface area contributed by atoms with E-state index in [1.807, 2.05) is 12.1 Å². The standard InChI is InChI=1S/C24H30O6/c1-13(25)28-17-6-8-18-16(11-17)5-7-20-19(18)9-10-24(4)21(20)12-22(29-14(2)26)23(24)30-15(3)27/h6,8,11,19-23H,5,7,9-10,12H2,1-4H3/t19-,20-,21+,22-,23-,24+/m1/s1. The van der Waals surface area contributed by atoms with Gasteiger partial charge in [0.15, 0.2) is 0 Å². The van der Waals surface area contributed by atoms with Crippen molar-refractivity contribution in [3.63, 3.8) is 0 Å². The van der Waals surface area contributed by atoms with Crippen molar-refractivity contribution < 1.29 is 28.6 Å². The molecule has 1 aromatic rings. The molecule has 1 aromatic carbocycles. The van der Waals surface area contributed by atoms with Crippen molar-refractivity contribution in [2.75, 3.05) is 0 Å². The summed E-state index contributed by atoms with van der Waals surface area (Å²) >= 11 is 0. The molecule has 0 saturated heterocycles. The van der Waals surface area contributed by atoms with E-state index in [1.54, 1.807) is 0 Å². The fraction of sp³-hybridized carbons (Fsp3) is 0.625. The van der Waals surface area contributed by atoms with Crippen LogP contribution in [0, 0.1) is 17.3 Å². The number of aryl methyl sites for hydroxylation is 1. The Morgan fingerprint density at radius 3 is 2.40 bits per heavy atom. The molecule has 0 aliphatic heterocycles. The number of ether oxygens (including phenoxy) is 3. The molecule has 3 aliphatic carbocycles. The SMILES string of the molecule is CC(=O)Oc1ccc2c(c1)CC[C@@H]1[C@@H]2CC[C@]2(C)[C@H](OC(C)=O)[C@H](OC(C)=O)C[C@@H]12. The van der Waals surface area contributed by atoms with Gasteiger partial charge in [0.05, 0.1) is 0 Å². The van der Waals surface area contributed by atoms with Crippen molar-refractivity contribution in [1.82, 2.24) is 0 Å². The van der Waals surface area contributed by atoms with Crippen LogP contribution in [0.5, 0.6) is 5.75 Å². The Balaban J connectivity index is 1.62. The highest BCUT2D eigenvalue weighted by atomic mass is 16.6. The summed E-state index contributed by atoms with van der Waals surface area (Å²) in [6.07, 6.45) is 3.83. The lowest BCUT2D eigenvalue weighted by molar-refractivity contribution is -0.171. The van der Waals surface area contributed by atoms with Crippen LogP contribution in [0.4, 0.5) is 0 Å². The van der Waals surface area contributed by atoms with Gasteiger partial charge < -0.3 is 14.2 Å². The first-order valence-corrected chi connectivity index (χ1v) is 10.8. The van der Waals surface area contributed by atoms with Gasteiger partial charge in [0.1, 0.15) is 18.0 Å². The van der Waals surface area contributed by atoms with Crippen molar-refractivity contribution in [2.45, 2.75) is 77.9 Å². The van der Waals surface area contributed by atoms with Gasteiger partial charge in [0.2, 0.25) is 0 Å². The summed E-state index contributed by atoms with van der Waals surface area (Å²) in [7, 11) is 0. The number of hydrogen-bond donors (Lipinski definition) is 0. The first-order chi connectivity index (χ1) is 14.2. The lowest BCUT2D eigenvalue weighted by Gasteiger charge is -2.50. The van der Waals surface area contributed by atoms with E-state index in [4.69, 9.17) is 14.2 Å². The molecule has 0 N–H and O–H groups in total. The minimum absolute atomic E-state index is 0.192. The third kappa shape index (κ3) is 3.61. The molecule has 6 nitrogen and oxygen atoms in total. The quantitative estimate of drug-likeness (QED) is 0.551. The monoisotopic (exact) mass is 414 g/mol. The maximum Gasteiger partial charge on any atom is 0.308 e. The summed E-state index contributed by atoms with van der Waals surface area (Å²) in [4.78, 5) is 34.8. The smallest absolute Gasteiger partial charge is 0.308 e. The Morgan fingerprint density at radius 1 is 1.00 bits per heavy atom. The minimum atomic E-state index is -0.391. The fourth-order valence-corrected chi connectivity index (χ4v) is 6.44. The molecular weight excluding hydrogens is 384 g/mol. The van der Waals surface area contributed by atoms with Gasteiger partial charge in [-0.3, -0.25) is 14.4 Å². The third-order valence-corrected chi connectivity index (χ3v) is 7.48. The van der Waals surface area contributed by atoms with Gasteiger partial charge in [-0.25, -0.2) is 0 Å². The number of hydrogen-bond acceptors (Lipinski definition) is 6.